The summed E-state index contributed by atoms with van der Waals surface area (Å²) >= 11 is 3.41. The standard InChI is InChI=1S/C13H17BrO/c1-2-3-10-15-11-4-5-12-6-8-13(14)9-7-12/h4-9H,2-3,10-11H2,1H3. The van der Waals surface area contributed by atoms with Gasteiger partial charge in [0.15, 0.2) is 0 Å². The van der Waals surface area contributed by atoms with E-state index in [1.54, 1.807) is 0 Å². The van der Waals surface area contributed by atoms with Gasteiger partial charge in [0, 0.05) is 11.1 Å². The van der Waals surface area contributed by atoms with Gasteiger partial charge in [-0.25, -0.2) is 0 Å². The number of benzene rings is 1. The van der Waals surface area contributed by atoms with Gasteiger partial charge in [-0.2, -0.15) is 0 Å². The van der Waals surface area contributed by atoms with Crippen LogP contribution >= 0.6 is 15.9 Å². The van der Waals surface area contributed by atoms with Crippen LogP contribution in [0.5, 0.6) is 0 Å². The van der Waals surface area contributed by atoms with E-state index >= 15 is 0 Å². The van der Waals surface area contributed by atoms with Crippen LogP contribution in [0.3, 0.4) is 0 Å². The van der Waals surface area contributed by atoms with Crippen LogP contribution in [0.25, 0.3) is 6.08 Å². The summed E-state index contributed by atoms with van der Waals surface area (Å²) in [6, 6.07) is 8.23. The lowest BCUT2D eigenvalue weighted by Gasteiger charge is -1.98. The third-order valence-corrected chi connectivity index (χ3v) is 2.57. The van der Waals surface area contributed by atoms with Crippen molar-refractivity contribution in [3.05, 3.63) is 40.4 Å². The third-order valence-electron chi connectivity index (χ3n) is 2.04. The molecule has 2 heteroatoms. The van der Waals surface area contributed by atoms with Crippen LogP contribution in [0.4, 0.5) is 0 Å². The van der Waals surface area contributed by atoms with E-state index in [0.717, 1.165) is 17.5 Å². The Morgan fingerprint density at radius 1 is 1.27 bits per heavy atom. The molecular weight excluding hydrogens is 252 g/mol. The Labute approximate surface area is 100 Å². The summed E-state index contributed by atoms with van der Waals surface area (Å²) in [6.45, 7) is 3.73. The maximum atomic E-state index is 5.42. The molecule has 0 atom stereocenters. The number of hydrogen-bond donors (Lipinski definition) is 0. The first-order valence-electron chi connectivity index (χ1n) is 5.33. The van der Waals surface area contributed by atoms with Crippen LogP contribution < -0.4 is 0 Å². The Hall–Kier alpha value is -0.600. The van der Waals surface area contributed by atoms with Crippen molar-refractivity contribution in [2.45, 2.75) is 19.8 Å². The molecule has 0 radical (unpaired) electrons. The summed E-state index contributed by atoms with van der Waals surface area (Å²) in [6.07, 6.45) is 6.47. The van der Waals surface area contributed by atoms with Gasteiger partial charge in [-0.1, -0.05) is 53.6 Å². The van der Waals surface area contributed by atoms with Gasteiger partial charge in [0.05, 0.1) is 6.61 Å². The Morgan fingerprint density at radius 3 is 2.67 bits per heavy atom. The summed E-state index contributed by atoms with van der Waals surface area (Å²) in [4.78, 5) is 0. The minimum absolute atomic E-state index is 0.704. The molecule has 0 heterocycles. The van der Waals surface area contributed by atoms with Crippen molar-refractivity contribution in [3.8, 4) is 0 Å². The van der Waals surface area contributed by atoms with Gasteiger partial charge < -0.3 is 4.74 Å². The molecule has 0 saturated carbocycles. The molecule has 0 aliphatic heterocycles. The van der Waals surface area contributed by atoms with E-state index in [-0.39, 0.29) is 0 Å². The number of ether oxygens (including phenoxy) is 1. The van der Waals surface area contributed by atoms with E-state index in [1.807, 2.05) is 12.1 Å². The number of unbranched alkanes of at least 4 members (excludes halogenated alkanes) is 1. The molecule has 0 fully saturated rings. The lowest BCUT2D eigenvalue weighted by Crippen LogP contribution is -1.92. The highest BCUT2D eigenvalue weighted by molar-refractivity contribution is 9.10. The minimum Gasteiger partial charge on any atom is -0.377 e. The van der Waals surface area contributed by atoms with Crippen LogP contribution in [-0.4, -0.2) is 13.2 Å². The molecule has 0 bridgehead atoms. The first-order valence-corrected chi connectivity index (χ1v) is 6.12. The fraction of sp³-hybridized carbons (Fsp3) is 0.385. The third kappa shape index (κ3) is 5.75. The Balaban J connectivity index is 2.23. The van der Waals surface area contributed by atoms with Crippen LogP contribution in [0.15, 0.2) is 34.8 Å². The zero-order chi connectivity index (χ0) is 10.9. The second kappa shape index (κ2) is 7.66. The summed E-state index contributed by atoms with van der Waals surface area (Å²) in [5.74, 6) is 0. The second-order valence-corrected chi connectivity index (χ2v) is 4.30. The molecule has 0 aromatic heterocycles. The highest BCUT2D eigenvalue weighted by Gasteiger charge is 1.87. The van der Waals surface area contributed by atoms with Crippen molar-refractivity contribution in [1.82, 2.24) is 0 Å². The van der Waals surface area contributed by atoms with Crippen molar-refractivity contribution in [2.24, 2.45) is 0 Å². The average Bonchev–Trinajstić information content (AvgIpc) is 2.26. The van der Waals surface area contributed by atoms with Gasteiger partial charge in [0.2, 0.25) is 0 Å². The van der Waals surface area contributed by atoms with E-state index in [2.05, 4.69) is 47.1 Å². The van der Waals surface area contributed by atoms with E-state index in [0.29, 0.717) is 6.61 Å². The summed E-state index contributed by atoms with van der Waals surface area (Å²) in [5, 5.41) is 0. The first kappa shape index (κ1) is 12.5. The SMILES string of the molecule is CCCCOCC=Cc1ccc(Br)cc1. The maximum Gasteiger partial charge on any atom is 0.0650 e. The lowest BCUT2D eigenvalue weighted by atomic mass is 10.2. The Bertz CT molecular complexity index is 290. The van der Waals surface area contributed by atoms with E-state index in [9.17, 15) is 0 Å². The van der Waals surface area contributed by atoms with Gasteiger partial charge in [-0.05, 0) is 24.1 Å². The van der Waals surface area contributed by atoms with Crippen molar-refractivity contribution in [3.63, 3.8) is 0 Å². The summed E-state index contributed by atoms with van der Waals surface area (Å²) in [5.41, 5.74) is 1.21. The predicted octanol–water partition coefficient (Wildman–Crippen LogP) is 4.28. The molecule has 1 aromatic rings. The molecule has 1 aromatic carbocycles. The van der Waals surface area contributed by atoms with Gasteiger partial charge in [0.25, 0.3) is 0 Å². The lowest BCUT2D eigenvalue weighted by molar-refractivity contribution is 0.159. The Kier molecular flexibility index (Phi) is 6.37. The van der Waals surface area contributed by atoms with Gasteiger partial charge in [0.1, 0.15) is 0 Å². The summed E-state index contributed by atoms with van der Waals surface area (Å²) in [7, 11) is 0. The largest absolute Gasteiger partial charge is 0.377 e. The van der Waals surface area contributed by atoms with Crippen molar-refractivity contribution < 1.29 is 4.74 Å². The molecule has 0 spiro atoms. The second-order valence-electron chi connectivity index (χ2n) is 3.38. The van der Waals surface area contributed by atoms with E-state index in [1.165, 1.54) is 12.0 Å². The van der Waals surface area contributed by atoms with Crippen LogP contribution in [0.2, 0.25) is 0 Å². The number of hydrogen-bond acceptors (Lipinski definition) is 1. The quantitative estimate of drug-likeness (QED) is 0.700. The maximum absolute atomic E-state index is 5.42. The topological polar surface area (TPSA) is 9.23 Å². The van der Waals surface area contributed by atoms with Crippen LogP contribution in [0, 0.1) is 0 Å². The molecule has 0 aliphatic carbocycles. The van der Waals surface area contributed by atoms with Crippen LogP contribution in [0.1, 0.15) is 25.3 Å². The zero-order valence-electron chi connectivity index (χ0n) is 9.08. The molecule has 1 rings (SSSR count). The fourth-order valence-electron chi connectivity index (χ4n) is 1.16. The number of halogens is 1. The molecule has 0 amide bonds. The van der Waals surface area contributed by atoms with Crippen molar-refractivity contribution in [1.29, 1.82) is 0 Å². The molecule has 1 nitrogen and oxygen atoms in total. The van der Waals surface area contributed by atoms with E-state index in [4.69, 9.17) is 4.74 Å². The molecule has 0 aliphatic rings. The smallest absolute Gasteiger partial charge is 0.0650 e. The summed E-state index contributed by atoms with van der Waals surface area (Å²) < 4.78 is 6.53. The van der Waals surface area contributed by atoms with Crippen molar-refractivity contribution in [2.75, 3.05) is 13.2 Å². The molecular formula is C13H17BrO. The predicted molar refractivity (Wildman–Crippen MR) is 68.9 cm³/mol. The average molecular weight is 269 g/mol. The molecule has 0 unspecified atom stereocenters. The van der Waals surface area contributed by atoms with E-state index < -0.39 is 0 Å². The van der Waals surface area contributed by atoms with Crippen LogP contribution in [-0.2, 0) is 4.74 Å². The molecule has 0 N–H and O–H groups in total. The minimum atomic E-state index is 0.704. The van der Waals surface area contributed by atoms with Gasteiger partial charge >= 0.3 is 0 Å². The highest BCUT2D eigenvalue weighted by Crippen LogP contribution is 2.11. The molecule has 15 heavy (non-hydrogen) atoms. The van der Waals surface area contributed by atoms with Crippen molar-refractivity contribution >= 4 is 22.0 Å². The Morgan fingerprint density at radius 2 is 2.00 bits per heavy atom. The number of rotatable bonds is 6. The highest BCUT2D eigenvalue weighted by atomic mass is 79.9. The molecule has 82 valence electrons. The normalized spacial score (nSPS) is 11.1. The molecule has 0 saturated heterocycles. The van der Waals surface area contributed by atoms with Gasteiger partial charge in [-0.15, -0.1) is 0 Å². The van der Waals surface area contributed by atoms with Gasteiger partial charge in [-0.3, -0.25) is 0 Å². The zero-order valence-corrected chi connectivity index (χ0v) is 10.7. The monoisotopic (exact) mass is 268 g/mol. The first-order chi connectivity index (χ1) is 7.33. The fourth-order valence-corrected chi connectivity index (χ4v) is 1.42.